The van der Waals surface area contributed by atoms with Gasteiger partial charge in [0.05, 0.1) is 11.0 Å². The van der Waals surface area contributed by atoms with Crippen molar-refractivity contribution in [2.45, 2.75) is 13.5 Å². The van der Waals surface area contributed by atoms with E-state index in [-0.39, 0.29) is 5.75 Å². The molecule has 0 unspecified atom stereocenters. The van der Waals surface area contributed by atoms with Crippen LogP contribution >= 0.6 is 31.9 Å². The molecule has 0 aromatic heterocycles. The molecule has 15 heavy (non-hydrogen) atoms. The van der Waals surface area contributed by atoms with Crippen LogP contribution in [-0.2, 0) is 6.54 Å². The highest BCUT2D eigenvalue weighted by atomic mass is 79.9. The van der Waals surface area contributed by atoms with E-state index in [9.17, 15) is 5.11 Å². The smallest absolute Gasteiger partial charge is 0.134 e. The molecule has 0 aliphatic carbocycles. The maximum atomic E-state index is 9.73. The highest BCUT2D eigenvalue weighted by Crippen LogP contribution is 2.31. The number of hydrogen-bond donors (Lipinski definition) is 2. The Morgan fingerprint density at radius 3 is 2.80 bits per heavy atom. The van der Waals surface area contributed by atoms with Gasteiger partial charge < -0.3 is 10.4 Å². The fraction of sp³-hybridized carbons (Fsp3) is 0.273. The highest BCUT2D eigenvalue weighted by molar-refractivity contribution is 9.11. The number of nitrogens with one attached hydrogen (secondary N) is 1. The van der Waals surface area contributed by atoms with E-state index in [1.807, 2.05) is 12.1 Å². The minimum atomic E-state index is 0.273. The molecule has 0 atom stereocenters. The lowest BCUT2D eigenvalue weighted by molar-refractivity contribution is 0.462. The monoisotopic (exact) mass is 331 g/mol. The van der Waals surface area contributed by atoms with Gasteiger partial charge in [0.1, 0.15) is 5.75 Å². The van der Waals surface area contributed by atoms with Gasteiger partial charge in [-0.1, -0.05) is 21.9 Å². The summed E-state index contributed by atoms with van der Waals surface area (Å²) in [5, 5.41) is 12.9. The molecule has 0 saturated heterocycles. The van der Waals surface area contributed by atoms with E-state index >= 15 is 0 Å². The van der Waals surface area contributed by atoms with Crippen molar-refractivity contribution in [1.82, 2.24) is 5.32 Å². The molecule has 1 aromatic rings. The molecular weight excluding hydrogens is 322 g/mol. The third kappa shape index (κ3) is 3.86. The minimum Gasteiger partial charge on any atom is -0.506 e. The molecular formula is C11H11Br2NO. The topological polar surface area (TPSA) is 32.3 Å². The van der Waals surface area contributed by atoms with Crippen molar-refractivity contribution in [2.75, 3.05) is 6.54 Å². The van der Waals surface area contributed by atoms with Crippen LogP contribution in [0.2, 0.25) is 0 Å². The van der Waals surface area contributed by atoms with Gasteiger partial charge in [-0.15, -0.1) is 5.92 Å². The van der Waals surface area contributed by atoms with Crippen LogP contribution in [0.4, 0.5) is 0 Å². The first-order chi connectivity index (χ1) is 7.15. The maximum Gasteiger partial charge on any atom is 0.134 e. The molecule has 0 bridgehead atoms. The fourth-order valence-electron chi connectivity index (χ4n) is 1.10. The number of benzene rings is 1. The van der Waals surface area contributed by atoms with Crippen LogP contribution in [0.5, 0.6) is 5.75 Å². The second-order valence-electron chi connectivity index (χ2n) is 2.93. The van der Waals surface area contributed by atoms with Crippen LogP contribution < -0.4 is 5.32 Å². The molecule has 0 spiro atoms. The average Bonchev–Trinajstić information content (AvgIpc) is 2.19. The van der Waals surface area contributed by atoms with Crippen LogP contribution in [0.15, 0.2) is 21.1 Å². The van der Waals surface area contributed by atoms with Gasteiger partial charge >= 0.3 is 0 Å². The predicted molar refractivity (Wildman–Crippen MR) is 68.7 cm³/mol. The molecule has 0 aliphatic heterocycles. The number of hydrogen-bond acceptors (Lipinski definition) is 2. The number of halogens is 2. The summed E-state index contributed by atoms with van der Waals surface area (Å²) in [5.74, 6) is 5.97. The van der Waals surface area contributed by atoms with Gasteiger partial charge in [-0.05, 0) is 35.0 Å². The molecule has 1 aromatic carbocycles. The van der Waals surface area contributed by atoms with E-state index in [0.717, 1.165) is 10.0 Å². The van der Waals surface area contributed by atoms with Crippen molar-refractivity contribution in [3.8, 4) is 17.6 Å². The Hall–Kier alpha value is -0.500. The number of phenols is 1. The molecule has 0 fully saturated rings. The summed E-state index contributed by atoms with van der Waals surface area (Å²) in [6.07, 6.45) is 0. The number of rotatable bonds is 3. The van der Waals surface area contributed by atoms with Gasteiger partial charge in [0.2, 0.25) is 0 Å². The zero-order valence-corrected chi connectivity index (χ0v) is 11.4. The zero-order chi connectivity index (χ0) is 11.3. The third-order valence-electron chi connectivity index (χ3n) is 1.81. The van der Waals surface area contributed by atoms with E-state index in [1.54, 1.807) is 6.92 Å². The van der Waals surface area contributed by atoms with E-state index in [2.05, 4.69) is 49.0 Å². The molecule has 1 rings (SSSR count). The summed E-state index contributed by atoms with van der Waals surface area (Å²) in [5.41, 5.74) is 0.842. The van der Waals surface area contributed by atoms with Gasteiger partial charge in [0.15, 0.2) is 0 Å². The Labute approximate surface area is 106 Å². The molecule has 0 saturated carbocycles. The van der Waals surface area contributed by atoms with Crippen molar-refractivity contribution < 1.29 is 5.11 Å². The lowest BCUT2D eigenvalue weighted by Gasteiger charge is -2.07. The molecule has 4 heteroatoms. The van der Waals surface area contributed by atoms with Crippen molar-refractivity contribution in [1.29, 1.82) is 0 Å². The summed E-state index contributed by atoms with van der Waals surface area (Å²) in [7, 11) is 0. The first-order valence-electron chi connectivity index (χ1n) is 4.42. The standard InChI is InChI=1S/C11H11Br2NO/c1-2-3-4-14-7-8-5-9(12)6-10(13)11(8)15/h5-6,14-15H,4,7H2,1H3. The van der Waals surface area contributed by atoms with Gasteiger partial charge in [0, 0.05) is 16.6 Å². The third-order valence-corrected chi connectivity index (χ3v) is 2.88. The van der Waals surface area contributed by atoms with Crippen LogP contribution in [0, 0.1) is 11.8 Å². The zero-order valence-electron chi connectivity index (χ0n) is 8.27. The molecule has 80 valence electrons. The lowest BCUT2D eigenvalue weighted by atomic mass is 10.2. The van der Waals surface area contributed by atoms with Gasteiger partial charge in [-0.2, -0.15) is 0 Å². The minimum absolute atomic E-state index is 0.273. The first kappa shape index (κ1) is 12.6. The summed E-state index contributed by atoms with van der Waals surface area (Å²) >= 11 is 6.66. The quantitative estimate of drug-likeness (QED) is 0.658. The van der Waals surface area contributed by atoms with Crippen molar-refractivity contribution in [3.63, 3.8) is 0 Å². The van der Waals surface area contributed by atoms with Crippen LogP contribution in [0.3, 0.4) is 0 Å². The Bertz CT molecular complexity index is 407. The van der Waals surface area contributed by atoms with Gasteiger partial charge in [-0.3, -0.25) is 0 Å². The summed E-state index contributed by atoms with van der Waals surface area (Å²) in [4.78, 5) is 0. The van der Waals surface area contributed by atoms with Crippen LogP contribution in [0.25, 0.3) is 0 Å². The molecule has 0 heterocycles. The largest absolute Gasteiger partial charge is 0.506 e. The van der Waals surface area contributed by atoms with E-state index in [1.165, 1.54) is 0 Å². The molecule has 0 radical (unpaired) electrons. The lowest BCUT2D eigenvalue weighted by Crippen LogP contribution is -2.13. The Morgan fingerprint density at radius 1 is 1.40 bits per heavy atom. The van der Waals surface area contributed by atoms with Crippen LogP contribution in [-0.4, -0.2) is 11.7 Å². The van der Waals surface area contributed by atoms with Gasteiger partial charge in [0.25, 0.3) is 0 Å². The first-order valence-corrected chi connectivity index (χ1v) is 6.01. The van der Waals surface area contributed by atoms with E-state index in [4.69, 9.17) is 0 Å². The second-order valence-corrected chi connectivity index (χ2v) is 4.70. The Morgan fingerprint density at radius 2 is 2.13 bits per heavy atom. The number of aromatic hydroxyl groups is 1. The van der Waals surface area contributed by atoms with Crippen molar-refractivity contribution in [2.24, 2.45) is 0 Å². The maximum absolute atomic E-state index is 9.73. The highest BCUT2D eigenvalue weighted by Gasteiger charge is 2.06. The Kier molecular flexibility index (Phi) is 5.16. The van der Waals surface area contributed by atoms with E-state index in [0.29, 0.717) is 17.6 Å². The Balaban J connectivity index is 2.70. The summed E-state index contributed by atoms with van der Waals surface area (Å²) in [6, 6.07) is 3.69. The van der Waals surface area contributed by atoms with Crippen molar-refractivity contribution in [3.05, 3.63) is 26.6 Å². The molecule has 0 amide bonds. The van der Waals surface area contributed by atoms with E-state index < -0.39 is 0 Å². The molecule has 2 N–H and O–H groups in total. The van der Waals surface area contributed by atoms with Crippen molar-refractivity contribution >= 4 is 31.9 Å². The van der Waals surface area contributed by atoms with Crippen LogP contribution in [0.1, 0.15) is 12.5 Å². The predicted octanol–water partition coefficient (Wildman–Crippen LogP) is 3.03. The van der Waals surface area contributed by atoms with Gasteiger partial charge in [-0.25, -0.2) is 0 Å². The molecule has 2 nitrogen and oxygen atoms in total. The normalized spacial score (nSPS) is 9.53. The SMILES string of the molecule is CC#CCNCc1cc(Br)cc(Br)c1O. The molecule has 0 aliphatic rings. The summed E-state index contributed by atoms with van der Waals surface area (Å²) in [6.45, 7) is 3.02. The number of phenolic OH excluding ortho intramolecular Hbond substituents is 1. The summed E-state index contributed by atoms with van der Waals surface area (Å²) < 4.78 is 1.63. The fourth-order valence-corrected chi connectivity index (χ4v) is 2.42. The second kappa shape index (κ2) is 6.16. The average molecular weight is 333 g/mol.